The molecule has 0 aliphatic heterocycles. The Kier molecular flexibility index (Phi) is 5.26. The highest BCUT2D eigenvalue weighted by Crippen LogP contribution is 2.08. The zero-order chi connectivity index (χ0) is 15.9. The molecule has 22 heavy (non-hydrogen) atoms. The Labute approximate surface area is 128 Å². The summed E-state index contributed by atoms with van der Waals surface area (Å²) in [6, 6.07) is 10.8. The number of aryl methyl sites for hydroxylation is 1. The molecule has 116 valence electrons. The van der Waals surface area contributed by atoms with Gasteiger partial charge in [0.15, 0.2) is 0 Å². The molecule has 0 radical (unpaired) electrons. The quantitative estimate of drug-likeness (QED) is 0.844. The Hall–Kier alpha value is -2.67. The van der Waals surface area contributed by atoms with E-state index in [1.165, 1.54) is 0 Å². The molecule has 1 heterocycles. The van der Waals surface area contributed by atoms with Gasteiger partial charge < -0.3 is 9.84 Å². The van der Waals surface area contributed by atoms with Gasteiger partial charge in [-0.05, 0) is 26.1 Å². The molecule has 1 aromatic carbocycles. The predicted molar refractivity (Wildman–Crippen MR) is 82.4 cm³/mol. The van der Waals surface area contributed by atoms with E-state index in [0.29, 0.717) is 11.6 Å². The van der Waals surface area contributed by atoms with Crippen LogP contribution in [0.25, 0.3) is 0 Å². The number of likely N-dealkylation sites (N-methyl/N-ethyl adjacent to an activating group) is 1. The monoisotopic (exact) mass is 302 g/mol. The summed E-state index contributed by atoms with van der Waals surface area (Å²) in [6.07, 6.45) is 0. The minimum atomic E-state index is -0.272. The number of benzene rings is 1. The third-order valence-corrected chi connectivity index (χ3v) is 2.78. The molecule has 2 aromatic rings. The van der Waals surface area contributed by atoms with E-state index in [0.717, 1.165) is 5.69 Å². The number of amides is 2. The summed E-state index contributed by atoms with van der Waals surface area (Å²) in [4.78, 5) is 25.3. The van der Waals surface area contributed by atoms with Crippen LogP contribution in [0.1, 0.15) is 5.69 Å². The topological polar surface area (TPSA) is 87.5 Å². The lowest BCUT2D eigenvalue weighted by molar-refractivity contribution is -0.119. The van der Waals surface area contributed by atoms with E-state index < -0.39 is 0 Å². The van der Waals surface area contributed by atoms with Gasteiger partial charge in [0.1, 0.15) is 0 Å². The summed E-state index contributed by atoms with van der Waals surface area (Å²) in [6.45, 7) is 1.94. The fraction of sp³-hybridized carbons (Fsp3) is 0.267. The van der Waals surface area contributed by atoms with Crippen molar-refractivity contribution in [3.05, 3.63) is 42.1 Å². The van der Waals surface area contributed by atoms with Gasteiger partial charge in [-0.15, -0.1) is 0 Å². The average molecular weight is 302 g/mol. The minimum absolute atomic E-state index is 0.0714. The predicted octanol–water partition coefficient (Wildman–Crippen LogP) is 1.49. The second-order valence-electron chi connectivity index (χ2n) is 4.97. The lowest BCUT2D eigenvalue weighted by Crippen LogP contribution is -2.36. The molecule has 2 amide bonds. The highest BCUT2D eigenvalue weighted by atomic mass is 16.5. The van der Waals surface area contributed by atoms with Crippen molar-refractivity contribution in [1.82, 2.24) is 10.1 Å². The summed E-state index contributed by atoms with van der Waals surface area (Å²) in [5, 5.41) is 9.01. The highest BCUT2D eigenvalue weighted by Gasteiger charge is 2.12. The molecule has 0 saturated carbocycles. The fourth-order valence-electron chi connectivity index (χ4n) is 1.87. The number of anilines is 2. The van der Waals surface area contributed by atoms with Crippen molar-refractivity contribution in [2.24, 2.45) is 0 Å². The molecule has 1 aromatic heterocycles. The van der Waals surface area contributed by atoms with Crippen LogP contribution in [0.2, 0.25) is 0 Å². The molecule has 7 heteroatoms. The lowest BCUT2D eigenvalue weighted by atomic mass is 10.3. The van der Waals surface area contributed by atoms with Crippen LogP contribution < -0.4 is 10.6 Å². The SMILES string of the molecule is Cc1cc(NC(=O)CN(C)CC(=O)Nc2ccccc2)on1. The van der Waals surface area contributed by atoms with Crippen molar-refractivity contribution >= 4 is 23.4 Å². The van der Waals surface area contributed by atoms with Gasteiger partial charge in [0.2, 0.25) is 17.7 Å². The summed E-state index contributed by atoms with van der Waals surface area (Å²) >= 11 is 0. The Balaban J connectivity index is 1.76. The van der Waals surface area contributed by atoms with E-state index in [4.69, 9.17) is 4.52 Å². The van der Waals surface area contributed by atoms with Crippen molar-refractivity contribution in [2.45, 2.75) is 6.92 Å². The number of para-hydroxylation sites is 1. The third kappa shape index (κ3) is 5.02. The van der Waals surface area contributed by atoms with Gasteiger partial charge in [0.05, 0.1) is 18.8 Å². The van der Waals surface area contributed by atoms with Crippen LogP contribution in [0.4, 0.5) is 11.6 Å². The second kappa shape index (κ2) is 7.37. The molecule has 2 rings (SSSR count). The first-order chi connectivity index (χ1) is 10.5. The number of carbonyl (C=O) groups excluding carboxylic acids is 2. The first-order valence-electron chi connectivity index (χ1n) is 6.79. The number of carbonyl (C=O) groups is 2. The third-order valence-electron chi connectivity index (χ3n) is 2.78. The van der Waals surface area contributed by atoms with E-state index in [9.17, 15) is 9.59 Å². The van der Waals surface area contributed by atoms with Crippen molar-refractivity contribution in [3.63, 3.8) is 0 Å². The first-order valence-corrected chi connectivity index (χ1v) is 6.79. The van der Waals surface area contributed by atoms with Crippen LogP contribution in [0, 0.1) is 6.92 Å². The molecule has 0 bridgehead atoms. The van der Waals surface area contributed by atoms with Gasteiger partial charge in [-0.1, -0.05) is 23.4 Å². The Morgan fingerprint density at radius 2 is 1.77 bits per heavy atom. The van der Waals surface area contributed by atoms with Crippen LogP contribution >= 0.6 is 0 Å². The molecule has 0 atom stereocenters. The Morgan fingerprint density at radius 1 is 1.14 bits per heavy atom. The van der Waals surface area contributed by atoms with Crippen LogP contribution in [0.5, 0.6) is 0 Å². The molecule has 0 spiro atoms. The Bertz CT molecular complexity index is 639. The standard InChI is InChI=1S/C15H18N4O3/c1-11-8-15(22-18-11)17-14(21)10-19(2)9-13(20)16-12-6-4-3-5-7-12/h3-8H,9-10H2,1-2H3,(H,16,20)(H,17,21). The largest absolute Gasteiger partial charge is 0.338 e. The molecule has 0 aliphatic carbocycles. The number of aromatic nitrogens is 1. The van der Waals surface area contributed by atoms with Gasteiger partial charge in [-0.25, -0.2) is 0 Å². The number of nitrogens with one attached hydrogen (secondary N) is 2. The summed E-state index contributed by atoms with van der Waals surface area (Å²) < 4.78 is 4.90. The van der Waals surface area contributed by atoms with Crippen LogP contribution in [0.3, 0.4) is 0 Å². The molecular weight excluding hydrogens is 284 g/mol. The zero-order valence-corrected chi connectivity index (χ0v) is 12.5. The van der Waals surface area contributed by atoms with Crippen molar-refractivity contribution in [3.8, 4) is 0 Å². The molecule has 0 unspecified atom stereocenters. The second-order valence-corrected chi connectivity index (χ2v) is 4.97. The van der Waals surface area contributed by atoms with E-state index in [2.05, 4.69) is 15.8 Å². The first kappa shape index (κ1) is 15.7. The number of rotatable bonds is 6. The van der Waals surface area contributed by atoms with E-state index in [1.807, 2.05) is 18.2 Å². The van der Waals surface area contributed by atoms with E-state index in [1.54, 1.807) is 37.1 Å². The molecule has 2 N–H and O–H groups in total. The zero-order valence-electron chi connectivity index (χ0n) is 12.5. The van der Waals surface area contributed by atoms with E-state index in [-0.39, 0.29) is 24.9 Å². The van der Waals surface area contributed by atoms with Crippen LogP contribution in [-0.4, -0.2) is 42.0 Å². The van der Waals surface area contributed by atoms with Gasteiger partial charge in [-0.3, -0.25) is 19.8 Å². The summed E-state index contributed by atoms with van der Waals surface area (Å²) in [5.41, 5.74) is 1.41. The number of hydrogen-bond donors (Lipinski definition) is 2. The van der Waals surface area contributed by atoms with Gasteiger partial charge >= 0.3 is 0 Å². The minimum Gasteiger partial charge on any atom is -0.338 e. The molecular formula is C15H18N4O3. The summed E-state index contributed by atoms with van der Waals surface area (Å²) in [7, 11) is 1.69. The summed E-state index contributed by atoms with van der Waals surface area (Å²) in [5.74, 6) is -0.159. The molecule has 7 nitrogen and oxygen atoms in total. The molecule has 0 aliphatic rings. The van der Waals surface area contributed by atoms with Gasteiger partial charge in [0, 0.05) is 11.8 Å². The van der Waals surface area contributed by atoms with Crippen LogP contribution in [-0.2, 0) is 9.59 Å². The normalized spacial score (nSPS) is 10.5. The average Bonchev–Trinajstić information content (AvgIpc) is 2.84. The molecule has 0 saturated heterocycles. The number of hydrogen-bond acceptors (Lipinski definition) is 5. The fourth-order valence-corrected chi connectivity index (χ4v) is 1.87. The Morgan fingerprint density at radius 3 is 2.36 bits per heavy atom. The van der Waals surface area contributed by atoms with Gasteiger partial charge in [-0.2, -0.15) is 0 Å². The maximum Gasteiger partial charge on any atom is 0.240 e. The highest BCUT2D eigenvalue weighted by molar-refractivity contribution is 5.94. The van der Waals surface area contributed by atoms with Crippen LogP contribution in [0.15, 0.2) is 40.9 Å². The van der Waals surface area contributed by atoms with Crippen molar-refractivity contribution in [2.75, 3.05) is 30.8 Å². The smallest absolute Gasteiger partial charge is 0.240 e. The van der Waals surface area contributed by atoms with Crippen molar-refractivity contribution < 1.29 is 14.1 Å². The van der Waals surface area contributed by atoms with Crippen molar-refractivity contribution in [1.29, 1.82) is 0 Å². The van der Waals surface area contributed by atoms with E-state index >= 15 is 0 Å². The van der Waals surface area contributed by atoms with Gasteiger partial charge in [0.25, 0.3) is 0 Å². The maximum atomic E-state index is 11.9. The lowest BCUT2D eigenvalue weighted by Gasteiger charge is -2.15. The maximum absolute atomic E-state index is 11.9. The molecule has 0 fully saturated rings. The number of nitrogens with zero attached hydrogens (tertiary/aromatic N) is 2.